The largest absolute Gasteiger partial charge is 0.391 e. The highest BCUT2D eigenvalue weighted by atomic mass is 16.3. The Bertz CT molecular complexity index is 405. The first-order chi connectivity index (χ1) is 9.81. The van der Waals surface area contributed by atoms with Gasteiger partial charge in [0.1, 0.15) is 0 Å². The highest BCUT2D eigenvalue weighted by Gasteiger charge is 2.45. The molecule has 20 heavy (non-hydrogen) atoms. The summed E-state index contributed by atoms with van der Waals surface area (Å²) < 4.78 is 0. The zero-order valence-electron chi connectivity index (χ0n) is 12.4. The number of hydrogen-bond donors (Lipinski definition) is 1. The smallest absolute Gasteiger partial charge is 0.0764 e. The van der Waals surface area contributed by atoms with Crippen molar-refractivity contribution in [3.63, 3.8) is 0 Å². The van der Waals surface area contributed by atoms with Crippen LogP contribution >= 0.6 is 0 Å². The molecule has 1 aliphatic carbocycles. The van der Waals surface area contributed by atoms with Gasteiger partial charge in [-0.2, -0.15) is 0 Å². The molecule has 0 aromatic heterocycles. The molecule has 0 radical (unpaired) electrons. The van der Waals surface area contributed by atoms with Crippen molar-refractivity contribution in [1.29, 1.82) is 0 Å². The second-order valence-corrected chi connectivity index (χ2v) is 6.56. The van der Waals surface area contributed by atoms with Gasteiger partial charge in [0.2, 0.25) is 0 Å². The lowest BCUT2D eigenvalue weighted by Gasteiger charge is -2.46. The van der Waals surface area contributed by atoms with Crippen LogP contribution in [0.3, 0.4) is 0 Å². The maximum atomic E-state index is 11.0. The number of benzene rings is 1. The third-order valence-electron chi connectivity index (χ3n) is 5.35. The van der Waals surface area contributed by atoms with E-state index in [1.165, 1.54) is 63.6 Å². The molecule has 1 aliphatic heterocycles. The molecule has 2 heteroatoms. The molecule has 110 valence electrons. The fourth-order valence-corrected chi connectivity index (χ4v) is 4.21. The van der Waals surface area contributed by atoms with Gasteiger partial charge in [0, 0.05) is 12.0 Å². The summed E-state index contributed by atoms with van der Waals surface area (Å²) in [6.45, 7) is 2.37. The molecule has 2 nitrogen and oxygen atoms in total. The van der Waals surface area contributed by atoms with Gasteiger partial charge in [-0.25, -0.2) is 0 Å². The van der Waals surface area contributed by atoms with Crippen LogP contribution in [0.5, 0.6) is 0 Å². The fourth-order valence-electron chi connectivity index (χ4n) is 4.21. The normalized spacial score (nSPS) is 24.6. The molecule has 0 amide bonds. The van der Waals surface area contributed by atoms with Crippen molar-refractivity contribution in [1.82, 2.24) is 4.90 Å². The van der Waals surface area contributed by atoms with Gasteiger partial charge in [-0.1, -0.05) is 49.6 Å². The first-order valence-electron chi connectivity index (χ1n) is 8.28. The monoisotopic (exact) mass is 273 g/mol. The van der Waals surface area contributed by atoms with E-state index in [1.807, 2.05) is 6.07 Å². The Morgan fingerprint density at radius 2 is 1.60 bits per heavy atom. The minimum Gasteiger partial charge on any atom is -0.391 e. The van der Waals surface area contributed by atoms with E-state index in [0.29, 0.717) is 0 Å². The zero-order chi connectivity index (χ0) is 13.8. The van der Waals surface area contributed by atoms with Gasteiger partial charge in [-0.3, -0.25) is 4.90 Å². The number of likely N-dealkylation sites (tertiary alicyclic amines) is 1. The third kappa shape index (κ3) is 2.77. The summed E-state index contributed by atoms with van der Waals surface area (Å²) in [7, 11) is 0. The summed E-state index contributed by atoms with van der Waals surface area (Å²) in [4.78, 5) is 2.62. The molecular weight excluding hydrogens is 246 g/mol. The Balaban J connectivity index is 1.75. The topological polar surface area (TPSA) is 23.5 Å². The van der Waals surface area contributed by atoms with Crippen LogP contribution < -0.4 is 0 Å². The molecular formula is C18H27NO. The molecule has 1 N–H and O–H groups in total. The first kappa shape index (κ1) is 14.1. The summed E-state index contributed by atoms with van der Waals surface area (Å²) in [6, 6.07) is 10.5. The van der Waals surface area contributed by atoms with Gasteiger partial charge in [0.25, 0.3) is 0 Å². The van der Waals surface area contributed by atoms with Crippen molar-refractivity contribution in [2.24, 2.45) is 0 Å². The van der Waals surface area contributed by atoms with E-state index in [0.717, 1.165) is 6.42 Å². The van der Waals surface area contributed by atoms with Crippen molar-refractivity contribution in [2.75, 3.05) is 13.1 Å². The second kappa shape index (κ2) is 6.28. The van der Waals surface area contributed by atoms with E-state index in [1.54, 1.807) is 0 Å². The Morgan fingerprint density at radius 1 is 0.950 bits per heavy atom. The van der Waals surface area contributed by atoms with Crippen molar-refractivity contribution in [2.45, 2.75) is 63.0 Å². The molecule has 1 saturated heterocycles. The first-order valence-corrected chi connectivity index (χ1v) is 8.28. The van der Waals surface area contributed by atoms with Gasteiger partial charge in [0.05, 0.1) is 6.10 Å². The minimum atomic E-state index is -0.217. The average molecular weight is 273 g/mol. The van der Waals surface area contributed by atoms with Gasteiger partial charge < -0.3 is 5.11 Å². The summed E-state index contributed by atoms with van der Waals surface area (Å²) in [5, 5.41) is 11.0. The highest BCUT2D eigenvalue weighted by Crippen LogP contribution is 2.40. The second-order valence-electron chi connectivity index (χ2n) is 6.56. The number of aliphatic hydroxyl groups excluding tert-OH is 1. The lowest BCUT2D eigenvalue weighted by Crippen LogP contribution is -2.57. The third-order valence-corrected chi connectivity index (χ3v) is 5.35. The lowest BCUT2D eigenvalue weighted by atomic mass is 9.83. The molecule has 2 fully saturated rings. The highest BCUT2D eigenvalue weighted by molar-refractivity contribution is 5.17. The van der Waals surface area contributed by atoms with Crippen LogP contribution in [0.4, 0.5) is 0 Å². The van der Waals surface area contributed by atoms with E-state index in [9.17, 15) is 5.11 Å². The number of nitrogens with zero attached hydrogens (tertiary/aromatic N) is 1. The van der Waals surface area contributed by atoms with Crippen LogP contribution in [0.1, 0.15) is 50.5 Å². The SMILES string of the molecule is OC(Cc1ccccc1)C1(N2CCCCC2)CCCC1. The molecule has 1 aromatic carbocycles. The van der Waals surface area contributed by atoms with Crippen molar-refractivity contribution in [3.8, 4) is 0 Å². The molecule has 2 aliphatic rings. The van der Waals surface area contributed by atoms with E-state index in [4.69, 9.17) is 0 Å². The number of piperidine rings is 1. The lowest BCUT2D eigenvalue weighted by molar-refractivity contribution is -0.0380. The van der Waals surface area contributed by atoms with E-state index in [2.05, 4.69) is 29.2 Å². The zero-order valence-corrected chi connectivity index (χ0v) is 12.4. The van der Waals surface area contributed by atoms with Gasteiger partial charge in [-0.05, 0) is 44.3 Å². The van der Waals surface area contributed by atoms with Gasteiger partial charge in [-0.15, -0.1) is 0 Å². The van der Waals surface area contributed by atoms with Crippen LogP contribution in [0.25, 0.3) is 0 Å². The minimum absolute atomic E-state index is 0.0657. The summed E-state index contributed by atoms with van der Waals surface area (Å²) in [6.07, 6.45) is 9.48. The molecule has 1 saturated carbocycles. The van der Waals surface area contributed by atoms with Crippen LogP contribution in [0, 0.1) is 0 Å². The molecule has 1 heterocycles. The summed E-state index contributed by atoms with van der Waals surface area (Å²) >= 11 is 0. The number of aliphatic hydroxyl groups is 1. The fraction of sp³-hybridized carbons (Fsp3) is 0.667. The van der Waals surface area contributed by atoms with E-state index < -0.39 is 0 Å². The average Bonchev–Trinajstić information content (AvgIpc) is 3.00. The van der Waals surface area contributed by atoms with Crippen molar-refractivity contribution in [3.05, 3.63) is 35.9 Å². The molecule has 1 unspecified atom stereocenters. The van der Waals surface area contributed by atoms with E-state index in [-0.39, 0.29) is 11.6 Å². The number of rotatable bonds is 4. The summed E-state index contributed by atoms with van der Waals surface area (Å²) in [5.41, 5.74) is 1.33. The van der Waals surface area contributed by atoms with E-state index >= 15 is 0 Å². The quantitative estimate of drug-likeness (QED) is 0.909. The Hall–Kier alpha value is -0.860. The van der Waals surface area contributed by atoms with Crippen LogP contribution in [-0.2, 0) is 6.42 Å². The Labute approximate surface area is 122 Å². The van der Waals surface area contributed by atoms with Crippen molar-refractivity contribution < 1.29 is 5.11 Å². The Kier molecular flexibility index (Phi) is 4.42. The molecule has 0 bridgehead atoms. The predicted molar refractivity (Wildman–Crippen MR) is 82.8 cm³/mol. The maximum absolute atomic E-state index is 11.0. The number of hydrogen-bond acceptors (Lipinski definition) is 2. The predicted octanol–water partition coefficient (Wildman–Crippen LogP) is 3.39. The van der Waals surface area contributed by atoms with Crippen LogP contribution in [0.2, 0.25) is 0 Å². The molecule has 0 spiro atoms. The van der Waals surface area contributed by atoms with Gasteiger partial charge in [0.15, 0.2) is 0 Å². The molecule has 3 rings (SSSR count). The van der Waals surface area contributed by atoms with Crippen LogP contribution in [0.15, 0.2) is 30.3 Å². The molecule has 1 atom stereocenters. The molecule has 1 aromatic rings. The van der Waals surface area contributed by atoms with Gasteiger partial charge >= 0.3 is 0 Å². The van der Waals surface area contributed by atoms with Crippen LogP contribution in [-0.4, -0.2) is 34.7 Å². The Morgan fingerprint density at radius 3 is 2.25 bits per heavy atom. The standard InChI is InChI=1S/C18H27NO/c20-17(15-16-9-3-1-4-10-16)18(11-5-6-12-18)19-13-7-2-8-14-19/h1,3-4,9-10,17,20H,2,5-8,11-15H2. The maximum Gasteiger partial charge on any atom is 0.0764 e. The van der Waals surface area contributed by atoms with Crippen molar-refractivity contribution >= 4 is 0 Å². The summed E-state index contributed by atoms with van der Waals surface area (Å²) in [5.74, 6) is 0.